The topological polar surface area (TPSA) is 84.2 Å². The zero-order chi connectivity index (χ0) is 16.9. The Hall–Kier alpha value is -3.15. The number of hydrogen-bond donors (Lipinski definition) is 2. The third-order valence-electron chi connectivity index (χ3n) is 3.56. The lowest BCUT2D eigenvalue weighted by molar-refractivity contribution is -0.114. The summed E-state index contributed by atoms with van der Waals surface area (Å²) in [6.45, 7) is 1.96. The number of benzene rings is 2. The zero-order valence-corrected chi connectivity index (χ0v) is 13.2. The van der Waals surface area contributed by atoms with Crippen molar-refractivity contribution in [3.63, 3.8) is 0 Å². The van der Waals surface area contributed by atoms with Crippen molar-refractivity contribution in [2.24, 2.45) is 0 Å². The average Bonchev–Trinajstić information content (AvgIpc) is 3.02. The molecule has 0 atom stereocenters. The van der Waals surface area contributed by atoms with Crippen LogP contribution >= 0.6 is 0 Å². The lowest BCUT2D eigenvalue weighted by atomic mass is 10.1. The minimum Gasteiger partial charge on any atom is -0.443 e. The first-order valence-electron chi connectivity index (χ1n) is 7.60. The maximum absolute atomic E-state index is 12.1. The molecule has 0 aliphatic heterocycles. The van der Waals surface area contributed by atoms with Crippen LogP contribution in [0.5, 0.6) is 0 Å². The van der Waals surface area contributed by atoms with Crippen LogP contribution in [0.25, 0.3) is 11.1 Å². The molecule has 0 aliphatic carbocycles. The van der Waals surface area contributed by atoms with E-state index in [9.17, 15) is 9.59 Å². The summed E-state index contributed by atoms with van der Waals surface area (Å²) in [4.78, 5) is 27.2. The van der Waals surface area contributed by atoms with Crippen molar-refractivity contribution < 1.29 is 14.0 Å². The molecule has 6 heteroatoms. The summed E-state index contributed by atoms with van der Waals surface area (Å²) in [7, 11) is 0. The van der Waals surface area contributed by atoms with E-state index in [1.165, 1.54) is 13.3 Å². The molecule has 0 saturated carbocycles. The number of nitrogens with zero attached hydrogens (tertiary/aromatic N) is 1. The van der Waals surface area contributed by atoms with Gasteiger partial charge in [-0.05, 0) is 48.4 Å². The third kappa shape index (κ3) is 3.78. The predicted octanol–water partition coefficient (Wildman–Crippen LogP) is 2.76. The molecule has 0 radical (unpaired) electrons. The van der Waals surface area contributed by atoms with Crippen LogP contribution in [-0.2, 0) is 11.2 Å². The highest BCUT2D eigenvalue weighted by Crippen LogP contribution is 2.14. The second kappa shape index (κ2) is 6.95. The number of oxazole rings is 1. The maximum Gasteiger partial charge on any atom is 0.251 e. The largest absolute Gasteiger partial charge is 0.443 e. The van der Waals surface area contributed by atoms with E-state index in [4.69, 9.17) is 4.42 Å². The van der Waals surface area contributed by atoms with Crippen molar-refractivity contribution >= 4 is 28.6 Å². The Morgan fingerprint density at radius 3 is 2.67 bits per heavy atom. The first kappa shape index (κ1) is 15.7. The smallest absolute Gasteiger partial charge is 0.251 e. The number of aromatic nitrogens is 1. The standard InChI is InChI=1S/C18H17N3O3/c1-12(22)21-15-5-3-14(4-6-15)18(23)19-9-8-13-2-7-16-17(10-13)24-11-20-16/h2-7,10-11H,8-9H2,1H3,(H,19,23)(H,21,22). The van der Waals surface area contributed by atoms with Gasteiger partial charge in [-0.1, -0.05) is 6.07 Å². The van der Waals surface area contributed by atoms with Crippen LogP contribution in [0.4, 0.5) is 5.69 Å². The fourth-order valence-electron chi connectivity index (χ4n) is 2.39. The SMILES string of the molecule is CC(=O)Nc1ccc(C(=O)NCCc2ccc3ncoc3c2)cc1. The van der Waals surface area contributed by atoms with Gasteiger partial charge in [-0.25, -0.2) is 4.98 Å². The molecular formula is C18H17N3O3. The number of amides is 2. The van der Waals surface area contributed by atoms with Gasteiger partial charge in [0.15, 0.2) is 12.0 Å². The summed E-state index contributed by atoms with van der Waals surface area (Å²) in [5.74, 6) is -0.291. The van der Waals surface area contributed by atoms with Crippen molar-refractivity contribution in [1.82, 2.24) is 10.3 Å². The predicted molar refractivity (Wildman–Crippen MR) is 90.8 cm³/mol. The van der Waals surface area contributed by atoms with E-state index in [-0.39, 0.29) is 11.8 Å². The van der Waals surface area contributed by atoms with Crippen molar-refractivity contribution in [3.8, 4) is 0 Å². The fraction of sp³-hybridized carbons (Fsp3) is 0.167. The van der Waals surface area contributed by atoms with Gasteiger partial charge in [0.2, 0.25) is 5.91 Å². The molecule has 24 heavy (non-hydrogen) atoms. The van der Waals surface area contributed by atoms with E-state index in [0.29, 0.717) is 24.2 Å². The molecule has 3 aromatic rings. The molecule has 2 amide bonds. The van der Waals surface area contributed by atoms with Crippen molar-refractivity contribution in [1.29, 1.82) is 0 Å². The third-order valence-corrected chi connectivity index (χ3v) is 3.56. The minimum atomic E-state index is -0.148. The Morgan fingerprint density at radius 1 is 1.12 bits per heavy atom. The number of nitrogens with one attached hydrogen (secondary N) is 2. The van der Waals surface area contributed by atoms with Crippen molar-refractivity contribution in [2.45, 2.75) is 13.3 Å². The molecule has 0 fully saturated rings. The maximum atomic E-state index is 12.1. The van der Waals surface area contributed by atoms with Gasteiger partial charge in [0.1, 0.15) is 5.52 Å². The molecule has 6 nitrogen and oxygen atoms in total. The highest BCUT2D eigenvalue weighted by molar-refractivity contribution is 5.95. The fourth-order valence-corrected chi connectivity index (χ4v) is 2.39. The zero-order valence-electron chi connectivity index (χ0n) is 13.2. The number of carbonyl (C=O) groups excluding carboxylic acids is 2. The molecule has 0 unspecified atom stereocenters. The molecule has 0 spiro atoms. The molecule has 1 heterocycles. The molecule has 2 N–H and O–H groups in total. The van der Waals surface area contributed by atoms with Crippen LogP contribution in [0.2, 0.25) is 0 Å². The number of rotatable bonds is 5. The molecular weight excluding hydrogens is 306 g/mol. The van der Waals surface area contributed by atoms with Gasteiger partial charge in [-0.2, -0.15) is 0 Å². The normalized spacial score (nSPS) is 10.5. The van der Waals surface area contributed by atoms with Crippen LogP contribution in [-0.4, -0.2) is 23.3 Å². The molecule has 3 rings (SSSR count). The van der Waals surface area contributed by atoms with Gasteiger partial charge < -0.3 is 15.1 Å². The summed E-state index contributed by atoms with van der Waals surface area (Å²) >= 11 is 0. The Kier molecular flexibility index (Phi) is 4.56. The van der Waals surface area contributed by atoms with Gasteiger partial charge in [0, 0.05) is 24.7 Å². The molecule has 0 bridgehead atoms. The summed E-state index contributed by atoms with van der Waals surface area (Å²) in [5.41, 5.74) is 3.85. The van der Waals surface area contributed by atoms with Crippen LogP contribution < -0.4 is 10.6 Å². The quantitative estimate of drug-likeness (QED) is 0.756. The van der Waals surface area contributed by atoms with Crippen LogP contribution in [0, 0.1) is 0 Å². The van der Waals surface area contributed by atoms with E-state index >= 15 is 0 Å². The van der Waals surface area contributed by atoms with Crippen LogP contribution in [0.1, 0.15) is 22.8 Å². The summed E-state index contributed by atoms with van der Waals surface area (Å²) in [5, 5.41) is 5.54. The van der Waals surface area contributed by atoms with Gasteiger partial charge in [0.25, 0.3) is 5.91 Å². The first-order chi connectivity index (χ1) is 11.6. The van der Waals surface area contributed by atoms with Gasteiger partial charge in [-0.15, -0.1) is 0 Å². The summed E-state index contributed by atoms with van der Waals surface area (Å²) in [6, 6.07) is 12.6. The van der Waals surface area contributed by atoms with Gasteiger partial charge in [-0.3, -0.25) is 9.59 Å². The molecule has 1 aromatic heterocycles. The Morgan fingerprint density at radius 2 is 1.92 bits per heavy atom. The van der Waals surface area contributed by atoms with Crippen molar-refractivity contribution in [3.05, 3.63) is 60.0 Å². The monoisotopic (exact) mass is 323 g/mol. The van der Waals surface area contributed by atoms with E-state index in [1.54, 1.807) is 24.3 Å². The Balaban J connectivity index is 1.54. The minimum absolute atomic E-state index is 0.143. The lowest BCUT2D eigenvalue weighted by Gasteiger charge is -2.07. The highest BCUT2D eigenvalue weighted by Gasteiger charge is 2.06. The number of anilines is 1. The van der Waals surface area contributed by atoms with Crippen LogP contribution in [0.3, 0.4) is 0 Å². The molecule has 0 aliphatic rings. The Labute approximate surface area is 138 Å². The van der Waals surface area contributed by atoms with E-state index in [1.807, 2.05) is 18.2 Å². The second-order valence-electron chi connectivity index (χ2n) is 5.42. The number of hydrogen-bond acceptors (Lipinski definition) is 4. The van der Waals surface area contributed by atoms with E-state index < -0.39 is 0 Å². The van der Waals surface area contributed by atoms with E-state index in [0.717, 1.165) is 16.7 Å². The van der Waals surface area contributed by atoms with Gasteiger partial charge >= 0.3 is 0 Å². The highest BCUT2D eigenvalue weighted by atomic mass is 16.3. The number of carbonyl (C=O) groups is 2. The second-order valence-corrected chi connectivity index (χ2v) is 5.42. The number of fused-ring (bicyclic) bond motifs is 1. The molecule has 0 saturated heterocycles. The first-order valence-corrected chi connectivity index (χ1v) is 7.60. The lowest BCUT2D eigenvalue weighted by Crippen LogP contribution is -2.25. The molecule has 122 valence electrons. The molecule has 2 aromatic carbocycles. The van der Waals surface area contributed by atoms with Gasteiger partial charge in [0.05, 0.1) is 0 Å². The summed E-state index contributed by atoms with van der Waals surface area (Å²) in [6.07, 6.45) is 2.12. The van der Waals surface area contributed by atoms with E-state index in [2.05, 4.69) is 15.6 Å². The van der Waals surface area contributed by atoms with Crippen molar-refractivity contribution in [2.75, 3.05) is 11.9 Å². The average molecular weight is 323 g/mol. The summed E-state index contributed by atoms with van der Waals surface area (Å²) < 4.78 is 5.27. The van der Waals surface area contributed by atoms with Crippen LogP contribution in [0.15, 0.2) is 53.3 Å². The Bertz CT molecular complexity index is 869.